The van der Waals surface area contributed by atoms with Crippen molar-refractivity contribution in [2.24, 2.45) is 0 Å². The molecule has 0 saturated carbocycles. The molecular formula is C21H18ClN5O. The van der Waals surface area contributed by atoms with Crippen LogP contribution in [0.2, 0.25) is 5.02 Å². The van der Waals surface area contributed by atoms with Gasteiger partial charge in [0.05, 0.1) is 22.2 Å². The monoisotopic (exact) mass is 391 g/mol. The van der Waals surface area contributed by atoms with E-state index in [1.807, 2.05) is 42.6 Å². The number of aromatic nitrogens is 3. The second-order valence-corrected chi connectivity index (χ2v) is 7.32. The summed E-state index contributed by atoms with van der Waals surface area (Å²) in [5, 5.41) is 8.25. The highest BCUT2D eigenvalue weighted by atomic mass is 35.5. The number of fused-ring (bicyclic) bond motifs is 2. The van der Waals surface area contributed by atoms with Crippen LogP contribution in [-0.4, -0.2) is 27.5 Å². The Morgan fingerprint density at radius 1 is 1.11 bits per heavy atom. The first kappa shape index (κ1) is 16.9. The molecule has 6 nitrogen and oxygen atoms in total. The zero-order valence-electron chi connectivity index (χ0n) is 14.9. The maximum atomic E-state index is 13.0. The van der Waals surface area contributed by atoms with Gasteiger partial charge in [0, 0.05) is 23.0 Å². The number of benzene rings is 2. The Morgan fingerprint density at radius 3 is 2.82 bits per heavy atom. The molecule has 0 unspecified atom stereocenters. The van der Waals surface area contributed by atoms with Crippen molar-refractivity contribution in [1.29, 1.82) is 0 Å². The Balaban J connectivity index is 1.76. The number of anilines is 1. The van der Waals surface area contributed by atoms with Gasteiger partial charge in [-0.05, 0) is 43.0 Å². The van der Waals surface area contributed by atoms with Gasteiger partial charge in [-0.2, -0.15) is 0 Å². The number of hydrogen-bond donors (Lipinski definition) is 4. The van der Waals surface area contributed by atoms with E-state index < -0.39 is 0 Å². The average molecular weight is 392 g/mol. The van der Waals surface area contributed by atoms with E-state index in [0.717, 1.165) is 40.6 Å². The highest BCUT2D eigenvalue weighted by molar-refractivity contribution is 6.31. The molecule has 2 aromatic heterocycles. The van der Waals surface area contributed by atoms with E-state index in [1.165, 1.54) is 0 Å². The van der Waals surface area contributed by atoms with Crippen LogP contribution < -0.4 is 16.2 Å². The zero-order chi connectivity index (χ0) is 19.1. The molecule has 5 rings (SSSR count). The minimum atomic E-state index is -0.198. The number of aromatic amines is 2. The third-order valence-corrected chi connectivity index (χ3v) is 5.21. The molecule has 1 aliphatic rings. The summed E-state index contributed by atoms with van der Waals surface area (Å²) in [6, 6.07) is 13.3. The van der Waals surface area contributed by atoms with Crippen molar-refractivity contribution in [2.75, 3.05) is 11.9 Å². The van der Waals surface area contributed by atoms with Crippen molar-refractivity contribution in [3.05, 3.63) is 70.1 Å². The average Bonchev–Trinajstić information content (AvgIpc) is 3.13. The number of H-pyrrole nitrogens is 2. The van der Waals surface area contributed by atoms with E-state index in [1.54, 1.807) is 6.07 Å². The molecule has 7 heteroatoms. The minimum Gasteiger partial charge on any atom is -0.389 e. The molecule has 0 amide bonds. The van der Waals surface area contributed by atoms with Crippen LogP contribution in [0, 0.1) is 0 Å². The molecule has 1 aliphatic heterocycles. The molecular weight excluding hydrogens is 374 g/mol. The molecule has 4 N–H and O–H groups in total. The molecule has 0 radical (unpaired) electrons. The second kappa shape index (κ2) is 6.73. The van der Waals surface area contributed by atoms with Gasteiger partial charge in [-0.1, -0.05) is 29.8 Å². The number of halogens is 1. The number of para-hydroxylation sites is 2. The van der Waals surface area contributed by atoms with Crippen LogP contribution in [0.5, 0.6) is 0 Å². The summed E-state index contributed by atoms with van der Waals surface area (Å²) in [7, 11) is 0. The molecule has 2 aromatic carbocycles. The van der Waals surface area contributed by atoms with Crippen molar-refractivity contribution in [1.82, 2.24) is 20.3 Å². The minimum absolute atomic E-state index is 0.150. The summed E-state index contributed by atoms with van der Waals surface area (Å²) < 4.78 is 0. The van der Waals surface area contributed by atoms with E-state index in [9.17, 15) is 4.79 Å². The molecule has 4 aromatic rings. The Kier molecular flexibility index (Phi) is 4.06. The summed E-state index contributed by atoms with van der Waals surface area (Å²) in [6.07, 6.45) is 4.89. The maximum absolute atomic E-state index is 13.0. The first-order valence-corrected chi connectivity index (χ1v) is 9.52. The largest absolute Gasteiger partial charge is 0.389 e. The molecule has 0 bridgehead atoms. The van der Waals surface area contributed by atoms with Gasteiger partial charge in [0.15, 0.2) is 0 Å². The molecule has 28 heavy (non-hydrogen) atoms. The lowest BCUT2D eigenvalue weighted by molar-refractivity contribution is 0.651. The number of hydrogen-bond acceptors (Lipinski definition) is 4. The van der Waals surface area contributed by atoms with Gasteiger partial charge in [-0.3, -0.25) is 4.79 Å². The maximum Gasteiger partial charge on any atom is 0.261 e. The molecule has 0 spiro atoms. The Bertz CT molecular complexity index is 1240. The van der Waals surface area contributed by atoms with Crippen molar-refractivity contribution >= 4 is 39.2 Å². The standard InChI is InChI=1S/C21H18ClN5O/c22-12-7-8-15-14(10-12)19(24-13-4-3-9-23-11-13)18(21(28)27-15)20-25-16-5-1-2-6-17(16)26-20/h1-3,5-10,13,23H,4,11H2,(H,25,26)(H2,24,27,28)/t13-/m1/s1. The summed E-state index contributed by atoms with van der Waals surface area (Å²) in [5.74, 6) is 0.533. The van der Waals surface area contributed by atoms with Crippen LogP contribution in [0.4, 0.5) is 5.69 Å². The predicted octanol–water partition coefficient (Wildman–Crippen LogP) is 4.01. The summed E-state index contributed by atoms with van der Waals surface area (Å²) in [4.78, 5) is 23.9. The van der Waals surface area contributed by atoms with Crippen LogP contribution in [0.3, 0.4) is 0 Å². The fourth-order valence-electron chi connectivity index (χ4n) is 3.64. The Hall–Kier alpha value is -3.25. The number of imidazole rings is 1. The molecule has 1 atom stereocenters. The lowest BCUT2D eigenvalue weighted by atomic mass is 10.1. The Morgan fingerprint density at radius 2 is 2.00 bits per heavy atom. The third-order valence-electron chi connectivity index (χ3n) is 4.97. The topological polar surface area (TPSA) is 85.6 Å². The van der Waals surface area contributed by atoms with Crippen LogP contribution >= 0.6 is 11.6 Å². The van der Waals surface area contributed by atoms with E-state index in [2.05, 4.69) is 31.7 Å². The molecule has 3 heterocycles. The van der Waals surface area contributed by atoms with Gasteiger partial charge in [-0.25, -0.2) is 4.98 Å². The van der Waals surface area contributed by atoms with E-state index in [0.29, 0.717) is 16.4 Å². The Labute approximate surface area is 165 Å². The van der Waals surface area contributed by atoms with Gasteiger partial charge in [0.25, 0.3) is 5.56 Å². The lowest BCUT2D eigenvalue weighted by Gasteiger charge is -2.24. The summed E-state index contributed by atoms with van der Waals surface area (Å²) in [6.45, 7) is 0.769. The fraction of sp³-hybridized carbons (Fsp3) is 0.143. The quantitative estimate of drug-likeness (QED) is 0.425. The number of rotatable bonds is 3. The van der Waals surface area contributed by atoms with Crippen LogP contribution in [0.15, 0.2) is 59.5 Å². The predicted molar refractivity (Wildman–Crippen MR) is 114 cm³/mol. The zero-order valence-corrected chi connectivity index (χ0v) is 15.7. The summed E-state index contributed by atoms with van der Waals surface area (Å²) >= 11 is 6.27. The SMILES string of the molecule is O=c1[nH]c2ccc(Cl)cc2c(N[C@@H]2CC=CNC2)c1-c1nc2ccccc2[nH]1. The van der Waals surface area contributed by atoms with Crippen molar-refractivity contribution in [2.45, 2.75) is 12.5 Å². The highest BCUT2D eigenvalue weighted by Gasteiger charge is 2.21. The fourth-order valence-corrected chi connectivity index (χ4v) is 3.81. The number of nitrogens with one attached hydrogen (secondary N) is 4. The van der Waals surface area contributed by atoms with Gasteiger partial charge >= 0.3 is 0 Å². The van der Waals surface area contributed by atoms with E-state index >= 15 is 0 Å². The molecule has 0 aliphatic carbocycles. The smallest absolute Gasteiger partial charge is 0.261 e. The van der Waals surface area contributed by atoms with Crippen molar-refractivity contribution in [3.63, 3.8) is 0 Å². The number of pyridine rings is 1. The molecule has 0 fully saturated rings. The molecule has 0 saturated heterocycles. The third kappa shape index (κ3) is 2.92. The van der Waals surface area contributed by atoms with Crippen molar-refractivity contribution in [3.8, 4) is 11.4 Å². The van der Waals surface area contributed by atoms with Crippen LogP contribution in [-0.2, 0) is 0 Å². The van der Waals surface area contributed by atoms with E-state index in [4.69, 9.17) is 11.6 Å². The first-order chi connectivity index (χ1) is 13.7. The molecule has 140 valence electrons. The lowest BCUT2D eigenvalue weighted by Crippen LogP contribution is -2.33. The number of nitrogens with zero attached hydrogens (tertiary/aromatic N) is 1. The van der Waals surface area contributed by atoms with Crippen LogP contribution in [0.25, 0.3) is 33.3 Å². The van der Waals surface area contributed by atoms with Gasteiger partial charge in [0.2, 0.25) is 0 Å². The second-order valence-electron chi connectivity index (χ2n) is 6.88. The van der Waals surface area contributed by atoms with E-state index in [-0.39, 0.29) is 11.6 Å². The highest BCUT2D eigenvalue weighted by Crippen LogP contribution is 2.33. The van der Waals surface area contributed by atoms with Crippen molar-refractivity contribution < 1.29 is 0 Å². The van der Waals surface area contributed by atoms with Crippen LogP contribution in [0.1, 0.15) is 6.42 Å². The van der Waals surface area contributed by atoms with Gasteiger partial charge in [-0.15, -0.1) is 0 Å². The normalized spacial score (nSPS) is 16.4. The van der Waals surface area contributed by atoms with Gasteiger partial charge < -0.3 is 20.6 Å². The summed E-state index contributed by atoms with van der Waals surface area (Å²) in [5.41, 5.74) is 3.46. The first-order valence-electron chi connectivity index (χ1n) is 9.14. The van der Waals surface area contributed by atoms with Gasteiger partial charge in [0.1, 0.15) is 11.4 Å².